The third kappa shape index (κ3) is 2.27. The predicted molar refractivity (Wildman–Crippen MR) is 82.0 cm³/mol. The van der Waals surface area contributed by atoms with Gasteiger partial charge in [-0.05, 0) is 46.6 Å². The molecule has 2 N–H and O–H groups in total. The van der Waals surface area contributed by atoms with Crippen LogP contribution in [0.15, 0.2) is 42.3 Å². The summed E-state index contributed by atoms with van der Waals surface area (Å²) >= 11 is 6.80. The highest BCUT2D eigenvalue weighted by molar-refractivity contribution is 9.11. The zero-order valence-electron chi connectivity index (χ0n) is 10.4. The molecule has 1 aromatic carbocycles. The fourth-order valence-electron chi connectivity index (χ4n) is 1.79. The Kier molecular flexibility index (Phi) is 3.39. The summed E-state index contributed by atoms with van der Waals surface area (Å²) in [5.74, 6) is 1.33. The van der Waals surface area contributed by atoms with Gasteiger partial charge in [0.2, 0.25) is 5.82 Å². The highest BCUT2D eigenvalue weighted by Crippen LogP contribution is 2.35. The molecule has 0 saturated carbocycles. The fourth-order valence-corrected chi connectivity index (χ4v) is 3.01. The molecule has 3 aromatic rings. The first-order valence-electron chi connectivity index (χ1n) is 5.69. The van der Waals surface area contributed by atoms with Crippen LogP contribution >= 0.6 is 31.9 Å². The summed E-state index contributed by atoms with van der Waals surface area (Å²) in [4.78, 5) is 4.33. The highest BCUT2D eigenvalue weighted by atomic mass is 79.9. The summed E-state index contributed by atoms with van der Waals surface area (Å²) in [5, 5.41) is 3.93. The van der Waals surface area contributed by atoms with Crippen LogP contribution < -0.4 is 5.73 Å². The molecule has 0 spiro atoms. The number of hydrogen-bond donors (Lipinski definition) is 1. The van der Waals surface area contributed by atoms with E-state index in [1.807, 2.05) is 25.1 Å². The second-order valence-corrected chi connectivity index (χ2v) is 5.97. The number of nitrogens with zero attached hydrogens (tertiary/aromatic N) is 2. The van der Waals surface area contributed by atoms with Gasteiger partial charge in [-0.25, -0.2) is 0 Å². The van der Waals surface area contributed by atoms with Crippen LogP contribution in [0.3, 0.4) is 0 Å². The van der Waals surface area contributed by atoms with Crippen LogP contribution in [0.2, 0.25) is 0 Å². The molecule has 0 amide bonds. The Balaban J connectivity index is 2.09. The summed E-state index contributed by atoms with van der Waals surface area (Å²) in [6, 6.07) is 5.52. The average Bonchev–Trinajstić information content (AvgIpc) is 3.02. The second-order valence-electron chi connectivity index (χ2n) is 4.20. The molecule has 7 heteroatoms. The maximum Gasteiger partial charge on any atom is 0.260 e. The molecule has 0 bridgehead atoms. The maximum absolute atomic E-state index is 6.02. The van der Waals surface area contributed by atoms with Gasteiger partial charge in [0.1, 0.15) is 0 Å². The molecule has 0 fully saturated rings. The van der Waals surface area contributed by atoms with Crippen molar-refractivity contribution in [2.24, 2.45) is 0 Å². The molecule has 0 aliphatic rings. The van der Waals surface area contributed by atoms with Gasteiger partial charge >= 0.3 is 0 Å². The first kappa shape index (κ1) is 13.4. The topological polar surface area (TPSA) is 78.1 Å². The summed E-state index contributed by atoms with van der Waals surface area (Å²) in [7, 11) is 0. The number of aryl methyl sites for hydroxylation is 1. The van der Waals surface area contributed by atoms with Crippen LogP contribution in [-0.4, -0.2) is 10.1 Å². The first-order chi connectivity index (χ1) is 9.56. The van der Waals surface area contributed by atoms with Crippen molar-refractivity contribution in [3.8, 4) is 23.0 Å². The van der Waals surface area contributed by atoms with E-state index in [4.69, 9.17) is 14.7 Å². The predicted octanol–water partition coefficient (Wildman–Crippen LogP) is 4.41. The van der Waals surface area contributed by atoms with Crippen molar-refractivity contribution in [2.75, 3.05) is 5.73 Å². The summed E-state index contributed by atoms with van der Waals surface area (Å²) in [6.45, 7) is 1.92. The molecule has 0 radical (unpaired) electrons. The number of benzene rings is 1. The zero-order chi connectivity index (χ0) is 14.3. The van der Waals surface area contributed by atoms with Crippen LogP contribution in [0.5, 0.6) is 0 Å². The fraction of sp³-hybridized carbons (Fsp3) is 0.0769. The number of halogens is 2. The van der Waals surface area contributed by atoms with Gasteiger partial charge in [-0.2, -0.15) is 4.98 Å². The Hall–Kier alpha value is -1.60. The van der Waals surface area contributed by atoms with Crippen LogP contribution in [0.1, 0.15) is 5.56 Å². The van der Waals surface area contributed by atoms with Crippen molar-refractivity contribution in [1.82, 2.24) is 10.1 Å². The number of hydrogen-bond acceptors (Lipinski definition) is 5. The van der Waals surface area contributed by atoms with E-state index in [0.29, 0.717) is 28.7 Å². The Labute approximate surface area is 131 Å². The third-order valence-electron chi connectivity index (χ3n) is 2.82. The summed E-state index contributed by atoms with van der Waals surface area (Å²) < 4.78 is 12.2. The van der Waals surface area contributed by atoms with Crippen LogP contribution in [0.4, 0.5) is 5.69 Å². The van der Waals surface area contributed by atoms with E-state index in [1.165, 1.54) is 0 Å². The van der Waals surface area contributed by atoms with Gasteiger partial charge in [-0.15, -0.1) is 0 Å². The Morgan fingerprint density at radius 2 is 2.05 bits per heavy atom. The number of furan rings is 1. The Morgan fingerprint density at radius 1 is 1.25 bits per heavy atom. The van der Waals surface area contributed by atoms with Gasteiger partial charge in [0, 0.05) is 8.95 Å². The molecule has 5 nitrogen and oxygen atoms in total. The van der Waals surface area contributed by atoms with Crippen molar-refractivity contribution in [3.05, 3.63) is 39.0 Å². The molecule has 0 unspecified atom stereocenters. The second kappa shape index (κ2) is 5.06. The zero-order valence-corrected chi connectivity index (χ0v) is 13.5. The van der Waals surface area contributed by atoms with E-state index in [1.54, 1.807) is 6.26 Å². The molecule has 0 atom stereocenters. The molecule has 0 aliphatic carbocycles. The van der Waals surface area contributed by atoms with Gasteiger partial charge in [-0.1, -0.05) is 21.1 Å². The lowest BCUT2D eigenvalue weighted by atomic mass is 10.2. The minimum absolute atomic E-state index is 0.343. The Bertz CT molecular complexity index is 780. The molecular weight excluding hydrogens is 390 g/mol. The molecule has 102 valence electrons. The summed E-state index contributed by atoms with van der Waals surface area (Å²) in [5.41, 5.74) is 8.17. The number of rotatable bonds is 2. The minimum Gasteiger partial charge on any atom is -0.461 e. The lowest BCUT2D eigenvalue weighted by Crippen LogP contribution is -1.92. The third-order valence-corrected chi connectivity index (χ3v) is 3.93. The van der Waals surface area contributed by atoms with E-state index in [2.05, 4.69) is 42.0 Å². The van der Waals surface area contributed by atoms with Crippen LogP contribution in [-0.2, 0) is 0 Å². The van der Waals surface area contributed by atoms with Crippen molar-refractivity contribution in [2.45, 2.75) is 6.92 Å². The quantitative estimate of drug-likeness (QED) is 0.646. The first-order valence-corrected chi connectivity index (χ1v) is 7.28. The molecule has 0 aliphatic heterocycles. The van der Waals surface area contributed by atoms with Gasteiger partial charge in [0.25, 0.3) is 5.89 Å². The van der Waals surface area contributed by atoms with Crippen LogP contribution in [0.25, 0.3) is 23.0 Å². The Morgan fingerprint density at radius 3 is 2.75 bits per heavy atom. The van der Waals surface area contributed by atoms with Crippen LogP contribution in [0, 0.1) is 6.92 Å². The maximum atomic E-state index is 6.02. The monoisotopic (exact) mass is 397 g/mol. The van der Waals surface area contributed by atoms with E-state index in [9.17, 15) is 0 Å². The van der Waals surface area contributed by atoms with Crippen molar-refractivity contribution in [3.63, 3.8) is 0 Å². The molecular formula is C13H9Br2N3O2. The lowest BCUT2D eigenvalue weighted by molar-refractivity contribution is 0.429. The molecule has 20 heavy (non-hydrogen) atoms. The lowest BCUT2D eigenvalue weighted by Gasteiger charge is -2.04. The van der Waals surface area contributed by atoms with Gasteiger partial charge in [0.15, 0.2) is 5.76 Å². The number of nitrogen functional groups attached to an aromatic ring is 1. The number of nitrogens with two attached hydrogens (primary N) is 1. The minimum atomic E-state index is 0.343. The molecule has 3 rings (SSSR count). The van der Waals surface area contributed by atoms with E-state index < -0.39 is 0 Å². The largest absolute Gasteiger partial charge is 0.461 e. The van der Waals surface area contributed by atoms with Gasteiger partial charge < -0.3 is 14.7 Å². The van der Waals surface area contributed by atoms with Gasteiger partial charge in [-0.3, -0.25) is 0 Å². The number of anilines is 1. The van der Waals surface area contributed by atoms with Crippen molar-refractivity contribution in [1.29, 1.82) is 0 Å². The van der Waals surface area contributed by atoms with E-state index >= 15 is 0 Å². The molecule has 0 saturated heterocycles. The molecule has 2 heterocycles. The average molecular weight is 399 g/mol. The van der Waals surface area contributed by atoms with E-state index in [-0.39, 0.29) is 0 Å². The normalized spacial score (nSPS) is 10.9. The number of aromatic nitrogens is 2. The smallest absolute Gasteiger partial charge is 0.260 e. The molecule has 2 aromatic heterocycles. The van der Waals surface area contributed by atoms with E-state index in [0.717, 1.165) is 14.5 Å². The van der Waals surface area contributed by atoms with Crippen molar-refractivity contribution >= 4 is 37.5 Å². The van der Waals surface area contributed by atoms with Gasteiger partial charge in [0.05, 0.1) is 17.5 Å². The highest BCUT2D eigenvalue weighted by Gasteiger charge is 2.18. The standard InChI is InChI=1S/C13H9Br2N3O2/c1-6-2-3-19-11(6)12-17-13(20-18-12)8-4-7(14)5-9(15)10(8)16/h2-5H,16H2,1H3. The SMILES string of the molecule is Cc1ccoc1-c1noc(-c2cc(Br)cc(Br)c2N)n1. The van der Waals surface area contributed by atoms with Crippen molar-refractivity contribution < 1.29 is 8.94 Å². The summed E-state index contributed by atoms with van der Waals surface area (Å²) in [6.07, 6.45) is 1.59.